The number of alkyl halides is 3. The van der Waals surface area contributed by atoms with Crippen molar-refractivity contribution in [3.05, 3.63) is 48.2 Å². The van der Waals surface area contributed by atoms with E-state index in [9.17, 15) is 21.6 Å². The van der Waals surface area contributed by atoms with E-state index in [-0.39, 0.29) is 35.5 Å². The first kappa shape index (κ1) is 34.0. The van der Waals surface area contributed by atoms with E-state index in [1.165, 1.54) is 22.8 Å². The van der Waals surface area contributed by atoms with Crippen molar-refractivity contribution >= 4 is 32.1 Å². The van der Waals surface area contributed by atoms with Gasteiger partial charge in [0.15, 0.2) is 16.4 Å². The Kier molecular flexibility index (Phi) is 11.3. The van der Waals surface area contributed by atoms with Gasteiger partial charge in [-0.25, -0.2) is 8.42 Å². The fourth-order valence-corrected chi connectivity index (χ4v) is 6.18. The fourth-order valence-electron chi connectivity index (χ4n) is 5.55. The Morgan fingerprint density at radius 3 is 2.53 bits per heavy atom. The van der Waals surface area contributed by atoms with Crippen molar-refractivity contribution in [2.45, 2.75) is 55.4 Å². The molecule has 2 aromatic carbocycles. The lowest BCUT2D eigenvalue weighted by Gasteiger charge is -2.35. The molecule has 242 valence electrons. The van der Waals surface area contributed by atoms with Gasteiger partial charge in [-0.2, -0.15) is 18.4 Å². The summed E-state index contributed by atoms with van der Waals surface area (Å²) >= 11 is 0. The van der Waals surface area contributed by atoms with E-state index in [4.69, 9.17) is 14.7 Å². The number of nitrogens with zero attached hydrogens (tertiary/aromatic N) is 3. The molecule has 3 aromatic rings. The molecule has 0 radical (unpaired) electrons. The minimum absolute atomic E-state index is 0.0237. The number of nitrogens with one attached hydrogen (secondary N) is 2. The maximum absolute atomic E-state index is 13.7. The predicted octanol–water partition coefficient (Wildman–Crippen LogP) is 5.27. The number of benzene rings is 2. The van der Waals surface area contributed by atoms with E-state index in [2.05, 4.69) is 34.4 Å². The predicted molar refractivity (Wildman–Crippen MR) is 168 cm³/mol. The number of fused-ring (bicyclic) bond motifs is 1. The maximum atomic E-state index is 13.7. The van der Waals surface area contributed by atoms with Gasteiger partial charge in [0.2, 0.25) is 0 Å². The van der Waals surface area contributed by atoms with Gasteiger partial charge in [-0.3, -0.25) is 0 Å². The number of ether oxygens (including phenoxy) is 2. The van der Waals surface area contributed by atoms with Gasteiger partial charge < -0.3 is 29.6 Å². The van der Waals surface area contributed by atoms with Crippen molar-refractivity contribution < 1.29 is 31.1 Å². The van der Waals surface area contributed by atoms with Gasteiger partial charge in [0.05, 0.1) is 34.9 Å². The monoisotopic (exact) mass is 645 g/mol. The van der Waals surface area contributed by atoms with E-state index in [0.29, 0.717) is 29.2 Å². The number of sulfone groups is 1. The molecule has 13 heteroatoms. The topological polar surface area (TPSA) is 109 Å². The summed E-state index contributed by atoms with van der Waals surface area (Å²) in [5.74, 6) is 5.90. The molecular formula is C32H38F3N5O4S. The van der Waals surface area contributed by atoms with Crippen molar-refractivity contribution in [2.24, 2.45) is 0 Å². The summed E-state index contributed by atoms with van der Waals surface area (Å²) in [5, 5.41) is 16.1. The van der Waals surface area contributed by atoms with Crippen LogP contribution in [-0.2, 0) is 21.1 Å². The molecule has 0 aliphatic heterocycles. The second kappa shape index (κ2) is 14.9. The number of likely N-dealkylation sites (N-methyl/N-ethyl adjacent to an activating group) is 1. The van der Waals surface area contributed by atoms with Crippen molar-refractivity contribution in [1.82, 2.24) is 9.47 Å². The standard InChI is InChI=1S/C32H38F3N5O4S/c1-39(17-19-43-2)24-11-9-23(10-12-24)38-28-7-4-8-30-27(28)20-25(40(30)22-32(33,34)35)6-5-16-37-29-14-13-26(45(3,41)42)21-31(29)44-18-15-36/h4,7-8,13-14,20-21,23-24,37-38H,9-12,16-19,22H2,1-3H3. The zero-order valence-electron chi connectivity index (χ0n) is 25.6. The van der Waals surface area contributed by atoms with Gasteiger partial charge >= 0.3 is 6.18 Å². The number of hydrogen-bond acceptors (Lipinski definition) is 8. The summed E-state index contributed by atoms with van der Waals surface area (Å²) in [7, 11) is 0.293. The van der Waals surface area contributed by atoms with E-state index in [1.807, 2.05) is 12.1 Å². The molecule has 45 heavy (non-hydrogen) atoms. The molecule has 1 saturated carbocycles. The first-order valence-corrected chi connectivity index (χ1v) is 16.5. The number of anilines is 2. The molecule has 0 saturated heterocycles. The molecule has 0 bridgehead atoms. The molecule has 2 N–H and O–H groups in total. The lowest BCUT2D eigenvalue weighted by Crippen LogP contribution is -2.39. The molecule has 1 fully saturated rings. The highest BCUT2D eigenvalue weighted by molar-refractivity contribution is 7.90. The van der Waals surface area contributed by atoms with E-state index in [0.717, 1.165) is 44.2 Å². The Morgan fingerprint density at radius 2 is 1.87 bits per heavy atom. The maximum Gasteiger partial charge on any atom is 0.406 e. The smallest absolute Gasteiger partial charge is 0.406 e. The second-order valence-electron chi connectivity index (χ2n) is 11.1. The van der Waals surface area contributed by atoms with Crippen molar-refractivity contribution in [2.75, 3.05) is 57.4 Å². The van der Waals surface area contributed by atoms with Crippen LogP contribution in [0.15, 0.2) is 47.4 Å². The minimum Gasteiger partial charge on any atom is -0.477 e. The second-order valence-corrected chi connectivity index (χ2v) is 13.1. The largest absolute Gasteiger partial charge is 0.477 e. The van der Waals surface area contributed by atoms with Crippen LogP contribution in [0, 0.1) is 23.2 Å². The van der Waals surface area contributed by atoms with Gasteiger partial charge in [-0.1, -0.05) is 12.0 Å². The Bertz CT molecular complexity index is 1680. The van der Waals surface area contributed by atoms with E-state index < -0.39 is 22.6 Å². The molecule has 0 atom stereocenters. The molecule has 0 unspecified atom stereocenters. The number of methoxy groups -OCH3 is 1. The summed E-state index contributed by atoms with van der Waals surface area (Å²) in [6, 6.07) is 13.7. The summed E-state index contributed by atoms with van der Waals surface area (Å²) in [6.45, 7) is 0.102. The van der Waals surface area contributed by atoms with Crippen LogP contribution in [0.25, 0.3) is 10.9 Å². The quantitative estimate of drug-likeness (QED) is 0.257. The third-order valence-electron chi connectivity index (χ3n) is 7.87. The minimum atomic E-state index is -4.45. The highest BCUT2D eigenvalue weighted by atomic mass is 32.2. The molecule has 0 spiro atoms. The lowest BCUT2D eigenvalue weighted by molar-refractivity contribution is -0.140. The number of nitriles is 1. The van der Waals surface area contributed by atoms with Gasteiger partial charge in [-0.05, 0) is 69.0 Å². The number of halogens is 3. The molecule has 4 rings (SSSR count). The highest BCUT2D eigenvalue weighted by Crippen LogP contribution is 2.33. The SMILES string of the molecule is COCCN(C)C1CCC(Nc2cccc3c2cc(C#CCNc2ccc(S(C)(=O)=O)cc2OCC#N)n3CC(F)(F)F)CC1. The van der Waals surface area contributed by atoms with Crippen LogP contribution in [0.1, 0.15) is 31.4 Å². The van der Waals surface area contributed by atoms with Crippen LogP contribution in [0.5, 0.6) is 5.75 Å². The van der Waals surface area contributed by atoms with Gasteiger partial charge in [0, 0.05) is 49.1 Å². The Balaban J connectivity index is 1.53. The third-order valence-corrected chi connectivity index (χ3v) is 8.98. The van der Waals surface area contributed by atoms with Crippen LogP contribution in [0.4, 0.5) is 24.5 Å². The fraction of sp³-hybridized carbons (Fsp3) is 0.469. The number of rotatable bonds is 12. The molecule has 1 aliphatic carbocycles. The molecule has 9 nitrogen and oxygen atoms in total. The summed E-state index contributed by atoms with van der Waals surface area (Å²) in [4.78, 5) is 2.35. The molecule has 1 aromatic heterocycles. The van der Waals surface area contributed by atoms with Crippen LogP contribution >= 0.6 is 0 Å². The summed E-state index contributed by atoms with van der Waals surface area (Å²) in [5.41, 5.74) is 1.83. The van der Waals surface area contributed by atoms with Gasteiger partial charge in [0.1, 0.15) is 18.4 Å². The van der Waals surface area contributed by atoms with Gasteiger partial charge in [0.25, 0.3) is 0 Å². The molecule has 1 aliphatic rings. The van der Waals surface area contributed by atoms with Gasteiger partial charge in [-0.15, -0.1) is 0 Å². The van der Waals surface area contributed by atoms with Crippen molar-refractivity contribution in [1.29, 1.82) is 5.26 Å². The number of hydrogen-bond donors (Lipinski definition) is 2. The molecular weight excluding hydrogens is 607 g/mol. The van der Waals surface area contributed by atoms with Crippen LogP contribution < -0.4 is 15.4 Å². The number of aromatic nitrogens is 1. The Morgan fingerprint density at radius 1 is 1.11 bits per heavy atom. The first-order chi connectivity index (χ1) is 21.4. The highest BCUT2D eigenvalue weighted by Gasteiger charge is 2.30. The average molecular weight is 646 g/mol. The zero-order valence-corrected chi connectivity index (χ0v) is 26.4. The lowest BCUT2D eigenvalue weighted by atomic mass is 9.90. The van der Waals surface area contributed by atoms with Crippen molar-refractivity contribution in [3.8, 4) is 23.7 Å². The first-order valence-electron chi connectivity index (χ1n) is 14.6. The Hall–Kier alpha value is -3.91. The third kappa shape index (κ3) is 9.30. The molecule has 1 heterocycles. The van der Waals surface area contributed by atoms with Crippen LogP contribution in [-0.4, -0.2) is 82.9 Å². The zero-order chi connectivity index (χ0) is 32.6. The average Bonchev–Trinajstić information content (AvgIpc) is 3.33. The molecule has 0 amide bonds. The summed E-state index contributed by atoms with van der Waals surface area (Å²) < 4.78 is 76.6. The van der Waals surface area contributed by atoms with Crippen LogP contribution in [0.3, 0.4) is 0 Å². The van der Waals surface area contributed by atoms with Crippen molar-refractivity contribution in [3.63, 3.8) is 0 Å². The summed E-state index contributed by atoms with van der Waals surface area (Å²) in [6.07, 6.45) is 0.548. The van der Waals surface area contributed by atoms with Crippen LogP contribution in [0.2, 0.25) is 0 Å². The Labute approximate surface area is 262 Å². The van der Waals surface area contributed by atoms with E-state index in [1.54, 1.807) is 25.3 Å². The normalized spacial score (nSPS) is 17.0. The van der Waals surface area contributed by atoms with E-state index >= 15 is 0 Å².